The summed E-state index contributed by atoms with van der Waals surface area (Å²) < 4.78 is 0. The number of carboxylic acid groups (broad SMARTS) is 1. The summed E-state index contributed by atoms with van der Waals surface area (Å²) in [4.78, 5) is 24.9. The molecule has 0 heterocycles. The van der Waals surface area contributed by atoms with E-state index in [4.69, 9.17) is 0 Å². The zero-order chi connectivity index (χ0) is 23.4. The van der Waals surface area contributed by atoms with Crippen LogP contribution in [0, 0.1) is 46.3 Å². The maximum atomic E-state index is 13.7. The van der Waals surface area contributed by atoms with Crippen molar-refractivity contribution >= 4 is 11.8 Å². The highest BCUT2D eigenvalue weighted by Crippen LogP contribution is 2.67. The number of aliphatic hydroxyl groups is 1. The van der Waals surface area contributed by atoms with Gasteiger partial charge < -0.3 is 15.5 Å². The monoisotopic (exact) mass is 447 g/mol. The molecule has 5 nitrogen and oxygen atoms in total. The highest BCUT2D eigenvalue weighted by molar-refractivity contribution is 5.83. The van der Waals surface area contributed by atoms with E-state index in [-0.39, 0.29) is 29.3 Å². The molecule has 4 fully saturated rings. The van der Waals surface area contributed by atoms with Crippen molar-refractivity contribution in [1.29, 1.82) is 0 Å². The first-order chi connectivity index (χ1) is 15.0. The van der Waals surface area contributed by atoms with E-state index in [0.29, 0.717) is 53.9 Å². The molecule has 0 aromatic rings. The van der Waals surface area contributed by atoms with Crippen LogP contribution in [0.5, 0.6) is 0 Å². The number of ketones is 1. The van der Waals surface area contributed by atoms with E-state index in [2.05, 4.69) is 39.9 Å². The molecular formula is C27H45NO4. The summed E-state index contributed by atoms with van der Waals surface area (Å²) >= 11 is 0. The lowest BCUT2D eigenvalue weighted by atomic mass is 9.43. The van der Waals surface area contributed by atoms with E-state index in [1.54, 1.807) is 0 Å². The predicted molar refractivity (Wildman–Crippen MR) is 125 cm³/mol. The average Bonchev–Trinajstić information content (AvgIpc) is 3.06. The van der Waals surface area contributed by atoms with Gasteiger partial charge in [0.2, 0.25) is 0 Å². The second kappa shape index (κ2) is 8.69. The number of carbonyl (C=O) groups excluding carboxylic acids is 1. The average molecular weight is 448 g/mol. The molecule has 2 unspecified atom stereocenters. The molecule has 4 rings (SSSR count). The van der Waals surface area contributed by atoms with Crippen molar-refractivity contribution in [3.8, 4) is 0 Å². The smallest absolute Gasteiger partial charge is 0.303 e. The Hall–Kier alpha value is -0.940. The first-order valence-corrected chi connectivity index (χ1v) is 13.2. The molecule has 182 valence electrons. The molecule has 10 atom stereocenters. The van der Waals surface area contributed by atoms with Gasteiger partial charge in [-0.25, -0.2) is 0 Å². The zero-order valence-electron chi connectivity index (χ0n) is 20.8. The van der Waals surface area contributed by atoms with E-state index < -0.39 is 5.97 Å². The summed E-state index contributed by atoms with van der Waals surface area (Å²) in [6.45, 7) is 11.5. The molecule has 0 saturated heterocycles. The van der Waals surface area contributed by atoms with Crippen LogP contribution in [0.4, 0.5) is 0 Å². The molecule has 32 heavy (non-hydrogen) atoms. The van der Waals surface area contributed by atoms with Crippen LogP contribution >= 0.6 is 0 Å². The van der Waals surface area contributed by atoms with Gasteiger partial charge in [-0.05, 0) is 85.4 Å². The highest BCUT2D eigenvalue weighted by Gasteiger charge is 2.65. The number of nitrogens with one attached hydrogen (secondary N) is 1. The summed E-state index contributed by atoms with van der Waals surface area (Å²) in [7, 11) is 0. The summed E-state index contributed by atoms with van der Waals surface area (Å²) in [5.41, 5.74) is 0.166. The molecule has 0 bridgehead atoms. The van der Waals surface area contributed by atoms with Crippen molar-refractivity contribution in [1.82, 2.24) is 5.32 Å². The van der Waals surface area contributed by atoms with Gasteiger partial charge >= 0.3 is 5.97 Å². The fourth-order valence-electron chi connectivity index (χ4n) is 9.08. The summed E-state index contributed by atoms with van der Waals surface area (Å²) in [6.07, 6.45) is 7.25. The van der Waals surface area contributed by atoms with Crippen LogP contribution in [0.2, 0.25) is 0 Å². The molecule has 0 aromatic carbocycles. The van der Waals surface area contributed by atoms with Crippen LogP contribution in [0.3, 0.4) is 0 Å². The van der Waals surface area contributed by atoms with Crippen LogP contribution in [0.1, 0.15) is 92.4 Å². The van der Waals surface area contributed by atoms with Gasteiger partial charge in [-0.2, -0.15) is 0 Å². The fraction of sp³-hybridized carbons (Fsp3) is 0.926. The Morgan fingerprint density at radius 3 is 2.50 bits per heavy atom. The van der Waals surface area contributed by atoms with Gasteiger partial charge in [0, 0.05) is 30.8 Å². The Kier molecular flexibility index (Phi) is 6.57. The van der Waals surface area contributed by atoms with Gasteiger partial charge in [0.15, 0.2) is 0 Å². The quantitative estimate of drug-likeness (QED) is 0.551. The standard InChI is InChI=1S/C27H45NO4/c1-15(2)28-23-14-21-25(22(30)13-17-12-18(29)10-11-26(17,21)4)20-8-7-19(27(20,23)5)16(3)6-9-24(31)32/h15-21,23,25,28-29H,6-14H2,1-5H3,(H,31,32)/t16-,17+,18?,19-,20+,21+,23?,25+,26+,27-/m1/s1. The molecular weight excluding hydrogens is 402 g/mol. The summed E-state index contributed by atoms with van der Waals surface area (Å²) in [6, 6.07) is 0.726. The zero-order valence-corrected chi connectivity index (χ0v) is 20.8. The SMILES string of the molecule is CC(C)NC1C[C@H]2[C@@H](C(=O)C[C@@H]3CC(O)CC[C@@]32C)[C@@H]2CC[C@H]([C@H](C)CCC(=O)O)[C@@]12C. The second-order valence-corrected chi connectivity index (χ2v) is 12.6. The number of hydrogen-bond acceptors (Lipinski definition) is 4. The number of carboxylic acids is 1. The minimum Gasteiger partial charge on any atom is -0.481 e. The molecule has 4 saturated carbocycles. The number of fused-ring (bicyclic) bond motifs is 5. The molecule has 0 radical (unpaired) electrons. The van der Waals surface area contributed by atoms with E-state index in [0.717, 1.165) is 44.9 Å². The largest absolute Gasteiger partial charge is 0.481 e. The van der Waals surface area contributed by atoms with Crippen LogP contribution < -0.4 is 5.32 Å². The molecule has 4 aliphatic rings. The molecule has 0 amide bonds. The Labute approximate surface area is 194 Å². The van der Waals surface area contributed by atoms with Crippen LogP contribution in [-0.4, -0.2) is 40.2 Å². The highest BCUT2D eigenvalue weighted by atomic mass is 16.4. The van der Waals surface area contributed by atoms with Gasteiger partial charge in [0.25, 0.3) is 0 Å². The lowest BCUT2D eigenvalue weighted by Gasteiger charge is -2.63. The summed E-state index contributed by atoms with van der Waals surface area (Å²) in [5, 5.41) is 23.5. The third-order valence-electron chi connectivity index (χ3n) is 10.7. The van der Waals surface area contributed by atoms with Crippen LogP contribution in [0.25, 0.3) is 0 Å². The minimum atomic E-state index is -0.710. The number of carbonyl (C=O) groups is 2. The van der Waals surface area contributed by atoms with Gasteiger partial charge in [-0.1, -0.05) is 34.6 Å². The maximum Gasteiger partial charge on any atom is 0.303 e. The van der Waals surface area contributed by atoms with Crippen molar-refractivity contribution in [2.24, 2.45) is 46.3 Å². The van der Waals surface area contributed by atoms with Crippen molar-refractivity contribution < 1.29 is 19.8 Å². The number of rotatable bonds is 6. The van der Waals surface area contributed by atoms with E-state index in [1.165, 1.54) is 0 Å². The predicted octanol–water partition coefficient (Wildman–Crippen LogP) is 4.66. The summed E-state index contributed by atoms with van der Waals surface area (Å²) in [5.74, 6) is 1.77. The van der Waals surface area contributed by atoms with Gasteiger partial charge in [-0.15, -0.1) is 0 Å². The molecule has 5 heteroatoms. The second-order valence-electron chi connectivity index (χ2n) is 12.6. The first kappa shape index (κ1) is 24.2. The molecule has 0 aliphatic heterocycles. The number of aliphatic carboxylic acids is 1. The van der Waals surface area contributed by atoms with E-state index in [1.807, 2.05) is 0 Å². The lowest BCUT2D eigenvalue weighted by Crippen LogP contribution is -2.64. The third kappa shape index (κ3) is 3.85. The van der Waals surface area contributed by atoms with Gasteiger partial charge in [0.05, 0.1) is 6.10 Å². The Morgan fingerprint density at radius 2 is 1.84 bits per heavy atom. The molecule has 3 N–H and O–H groups in total. The number of aliphatic hydroxyl groups excluding tert-OH is 1. The maximum absolute atomic E-state index is 13.7. The fourth-order valence-corrected chi connectivity index (χ4v) is 9.08. The third-order valence-corrected chi connectivity index (χ3v) is 10.7. The van der Waals surface area contributed by atoms with E-state index in [9.17, 15) is 19.8 Å². The van der Waals surface area contributed by atoms with Crippen molar-refractivity contribution in [3.63, 3.8) is 0 Å². The topological polar surface area (TPSA) is 86.6 Å². The number of hydrogen-bond donors (Lipinski definition) is 3. The Balaban J connectivity index is 1.68. The number of Topliss-reactive ketones (excluding diaryl/α,β-unsaturated/α-hetero) is 1. The first-order valence-electron chi connectivity index (χ1n) is 13.2. The Bertz CT molecular complexity index is 737. The van der Waals surface area contributed by atoms with Crippen molar-refractivity contribution in [2.45, 2.75) is 111 Å². The van der Waals surface area contributed by atoms with Gasteiger partial charge in [0.1, 0.15) is 5.78 Å². The normalized spacial score (nSPS) is 47.0. The molecule has 4 aliphatic carbocycles. The molecule has 0 aromatic heterocycles. The van der Waals surface area contributed by atoms with Crippen molar-refractivity contribution in [2.75, 3.05) is 0 Å². The van der Waals surface area contributed by atoms with E-state index >= 15 is 0 Å². The van der Waals surface area contributed by atoms with Crippen molar-refractivity contribution in [3.05, 3.63) is 0 Å². The lowest BCUT2D eigenvalue weighted by molar-refractivity contribution is -0.165. The minimum absolute atomic E-state index is 0.0242. The Morgan fingerprint density at radius 1 is 1.12 bits per heavy atom. The van der Waals surface area contributed by atoms with Crippen LogP contribution in [-0.2, 0) is 9.59 Å². The van der Waals surface area contributed by atoms with Crippen LogP contribution in [0.15, 0.2) is 0 Å². The molecule has 0 spiro atoms. The van der Waals surface area contributed by atoms with Gasteiger partial charge in [-0.3, -0.25) is 9.59 Å².